The molecule has 4 N–H and O–H groups in total. The SMILES string of the molecule is CCCCn1c(N)c(N(C)CCC(=O)Nc2ccccc2Cl)c(=O)[nH]c1=O. The van der Waals surface area contributed by atoms with Gasteiger partial charge in [-0.05, 0) is 18.6 Å². The Morgan fingerprint density at radius 2 is 2.04 bits per heavy atom. The molecule has 1 aromatic heterocycles. The number of nitrogen functional groups attached to an aromatic ring is 1. The number of halogens is 1. The molecule has 9 heteroatoms. The molecule has 1 aromatic carbocycles. The lowest BCUT2D eigenvalue weighted by molar-refractivity contribution is -0.116. The summed E-state index contributed by atoms with van der Waals surface area (Å²) in [5.41, 5.74) is 5.66. The summed E-state index contributed by atoms with van der Waals surface area (Å²) in [4.78, 5) is 40.2. The third-order valence-corrected chi connectivity index (χ3v) is 4.48. The first kappa shape index (κ1) is 20.6. The average molecular weight is 394 g/mol. The maximum atomic E-state index is 12.2. The van der Waals surface area contributed by atoms with Crippen LogP contribution in [0.3, 0.4) is 0 Å². The van der Waals surface area contributed by atoms with Crippen LogP contribution in [0.15, 0.2) is 33.9 Å². The van der Waals surface area contributed by atoms with Gasteiger partial charge < -0.3 is 16.0 Å². The Hall–Kier alpha value is -2.74. The van der Waals surface area contributed by atoms with Crippen LogP contribution >= 0.6 is 11.6 Å². The van der Waals surface area contributed by atoms with Gasteiger partial charge in [0, 0.05) is 26.6 Å². The first-order valence-electron chi connectivity index (χ1n) is 8.73. The second-order valence-corrected chi connectivity index (χ2v) is 6.61. The van der Waals surface area contributed by atoms with E-state index in [1.54, 1.807) is 36.2 Å². The number of hydrogen-bond donors (Lipinski definition) is 3. The molecule has 0 bridgehead atoms. The van der Waals surface area contributed by atoms with E-state index in [2.05, 4.69) is 10.3 Å². The summed E-state index contributed by atoms with van der Waals surface area (Å²) in [6, 6.07) is 6.93. The van der Waals surface area contributed by atoms with E-state index in [1.165, 1.54) is 4.57 Å². The molecule has 0 spiro atoms. The Morgan fingerprint density at radius 3 is 2.70 bits per heavy atom. The molecule has 0 aliphatic heterocycles. The molecule has 0 unspecified atom stereocenters. The third kappa shape index (κ3) is 5.13. The zero-order valence-electron chi connectivity index (χ0n) is 15.4. The van der Waals surface area contributed by atoms with Crippen LogP contribution in [0.1, 0.15) is 26.2 Å². The number of unbranched alkanes of at least 4 members (excludes halogenated alkanes) is 1. The Bertz CT molecular complexity index is 922. The van der Waals surface area contributed by atoms with Crippen molar-refractivity contribution in [3.8, 4) is 0 Å². The van der Waals surface area contributed by atoms with Gasteiger partial charge in [0.15, 0.2) is 0 Å². The highest BCUT2D eigenvalue weighted by Crippen LogP contribution is 2.21. The van der Waals surface area contributed by atoms with E-state index in [0.29, 0.717) is 17.3 Å². The normalized spacial score (nSPS) is 10.6. The highest BCUT2D eigenvalue weighted by molar-refractivity contribution is 6.33. The van der Waals surface area contributed by atoms with Crippen LogP contribution in [-0.2, 0) is 11.3 Å². The lowest BCUT2D eigenvalue weighted by Gasteiger charge is -2.21. The number of carbonyl (C=O) groups is 1. The monoisotopic (exact) mass is 393 g/mol. The number of H-pyrrole nitrogens is 1. The molecule has 27 heavy (non-hydrogen) atoms. The molecule has 1 heterocycles. The van der Waals surface area contributed by atoms with E-state index in [0.717, 1.165) is 12.8 Å². The fourth-order valence-corrected chi connectivity index (χ4v) is 2.82. The fourth-order valence-electron chi connectivity index (χ4n) is 2.64. The zero-order valence-corrected chi connectivity index (χ0v) is 16.2. The molecular weight excluding hydrogens is 370 g/mol. The molecule has 8 nitrogen and oxygen atoms in total. The summed E-state index contributed by atoms with van der Waals surface area (Å²) in [5.74, 6) is -0.143. The van der Waals surface area contributed by atoms with Gasteiger partial charge in [-0.2, -0.15) is 0 Å². The third-order valence-electron chi connectivity index (χ3n) is 4.15. The van der Waals surface area contributed by atoms with Crippen molar-refractivity contribution in [2.24, 2.45) is 0 Å². The Kier molecular flexibility index (Phi) is 7.06. The lowest BCUT2D eigenvalue weighted by Crippen LogP contribution is -2.38. The van der Waals surface area contributed by atoms with E-state index in [9.17, 15) is 14.4 Å². The quantitative estimate of drug-likeness (QED) is 0.635. The number of benzene rings is 1. The predicted molar refractivity (Wildman–Crippen MR) is 109 cm³/mol. The van der Waals surface area contributed by atoms with Gasteiger partial charge in [0.25, 0.3) is 5.56 Å². The maximum absolute atomic E-state index is 12.2. The van der Waals surface area contributed by atoms with Crippen molar-refractivity contribution in [3.05, 3.63) is 50.1 Å². The molecule has 2 aromatic rings. The molecule has 0 aliphatic rings. The summed E-state index contributed by atoms with van der Waals surface area (Å²) in [5, 5.41) is 3.17. The number of amides is 1. The number of rotatable bonds is 8. The Morgan fingerprint density at radius 1 is 1.33 bits per heavy atom. The highest BCUT2D eigenvalue weighted by Gasteiger charge is 2.17. The van der Waals surface area contributed by atoms with Gasteiger partial charge >= 0.3 is 5.69 Å². The van der Waals surface area contributed by atoms with Gasteiger partial charge in [0.2, 0.25) is 5.91 Å². The number of aromatic nitrogens is 2. The van der Waals surface area contributed by atoms with Crippen LogP contribution in [-0.4, -0.2) is 29.1 Å². The number of nitrogens with two attached hydrogens (primary N) is 1. The van der Waals surface area contributed by atoms with Crippen molar-refractivity contribution in [2.75, 3.05) is 29.5 Å². The van der Waals surface area contributed by atoms with Crippen LogP contribution < -0.4 is 27.2 Å². The van der Waals surface area contributed by atoms with Crippen molar-refractivity contribution in [3.63, 3.8) is 0 Å². The average Bonchev–Trinajstić information content (AvgIpc) is 2.61. The Balaban J connectivity index is 2.10. The summed E-state index contributed by atoms with van der Waals surface area (Å²) in [6.45, 7) is 2.67. The van der Waals surface area contributed by atoms with Crippen LogP contribution in [0.2, 0.25) is 5.02 Å². The highest BCUT2D eigenvalue weighted by atomic mass is 35.5. The number of anilines is 3. The number of nitrogens with one attached hydrogen (secondary N) is 2. The number of aromatic amines is 1. The van der Waals surface area contributed by atoms with Gasteiger partial charge in [-0.3, -0.25) is 19.1 Å². The van der Waals surface area contributed by atoms with Crippen molar-refractivity contribution >= 4 is 34.7 Å². The van der Waals surface area contributed by atoms with Crippen molar-refractivity contribution in [1.29, 1.82) is 0 Å². The fraction of sp³-hybridized carbons (Fsp3) is 0.389. The van der Waals surface area contributed by atoms with E-state index in [1.807, 2.05) is 6.92 Å². The molecule has 1 amide bonds. The number of para-hydroxylation sites is 1. The van der Waals surface area contributed by atoms with Gasteiger partial charge in [-0.15, -0.1) is 0 Å². The lowest BCUT2D eigenvalue weighted by atomic mass is 10.3. The molecule has 2 rings (SSSR count). The van der Waals surface area contributed by atoms with Crippen molar-refractivity contribution < 1.29 is 4.79 Å². The van der Waals surface area contributed by atoms with Crippen molar-refractivity contribution in [1.82, 2.24) is 9.55 Å². The molecule has 0 atom stereocenters. The zero-order chi connectivity index (χ0) is 20.0. The minimum absolute atomic E-state index is 0.103. The minimum atomic E-state index is -0.570. The smallest absolute Gasteiger partial charge is 0.330 e. The molecule has 146 valence electrons. The maximum Gasteiger partial charge on any atom is 0.330 e. The number of nitrogens with zero attached hydrogens (tertiary/aromatic N) is 2. The number of hydrogen-bond acceptors (Lipinski definition) is 5. The first-order valence-corrected chi connectivity index (χ1v) is 9.11. The second-order valence-electron chi connectivity index (χ2n) is 6.20. The van der Waals surface area contributed by atoms with Gasteiger partial charge in [0.05, 0.1) is 10.7 Å². The van der Waals surface area contributed by atoms with Crippen LogP contribution in [0, 0.1) is 0 Å². The molecular formula is C18H24ClN5O3. The van der Waals surface area contributed by atoms with E-state index >= 15 is 0 Å². The van der Waals surface area contributed by atoms with Gasteiger partial charge in [0.1, 0.15) is 11.5 Å². The number of carbonyl (C=O) groups excluding carboxylic acids is 1. The summed E-state index contributed by atoms with van der Waals surface area (Å²) >= 11 is 6.02. The van der Waals surface area contributed by atoms with Crippen LogP contribution in [0.25, 0.3) is 0 Å². The second kappa shape index (κ2) is 9.27. The van der Waals surface area contributed by atoms with E-state index in [-0.39, 0.29) is 30.4 Å². The topological polar surface area (TPSA) is 113 Å². The minimum Gasteiger partial charge on any atom is -0.383 e. The Labute approximate surface area is 161 Å². The summed E-state index contributed by atoms with van der Waals surface area (Å²) in [6.07, 6.45) is 1.77. The summed E-state index contributed by atoms with van der Waals surface area (Å²) < 4.78 is 1.35. The molecule has 0 fully saturated rings. The molecule has 0 saturated heterocycles. The molecule has 0 saturated carbocycles. The van der Waals surface area contributed by atoms with E-state index in [4.69, 9.17) is 17.3 Å². The standard InChI is InChI=1S/C18H24ClN5O3/c1-3-4-10-24-16(20)15(17(26)22-18(24)27)23(2)11-9-14(25)21-13-8-6-5-7-12(13)19/h5-8H,3-4,9-11,20H2,1-2H3,(H,21,25)(H,22,26,27). The first-order chi connectivity index (χ1) is 12.8. The summed E-state index contributed by atoms with van der Waals surface area (Å²) in [7, 11) is 1.65. The predicted octanol–water partition coefficient (Wildman–Crippen LogP) is 2.04. The molecule has 0 aliphatic carbocycles. The van der Waals surface area contributed by atoms with Crippen molar-refractivity contribution in [2.45, 2.75) is 32.7 Å². The van der Waals surface area contributed by atoms with E-state index < -0.39 is 11.2 Å². The largest absolute Gasteiger partial charge is 0.383 e. The molecule has 0 radical (unpaired) electrons. The van der Waals surface area contributed by atoms with Gasteiger partial charge in [-0.1, -0.05) is 37.1 Å². The van der Waals surface area contributed by atoms with Crippen LogP contribution in [0.4, 0.5) is 17.2 Å². The van der Waals surface area contributed by atoms with Gasteiger partial charge in [-0.25, -0.2) is 4.79 Å². The van der Waals surface area contributed by atoms with Crippen LogP contribution in [0.5, 0.6) is 0 Å².